The molecule has 0 saturated carbocycles. The van der Waals surface area contributed by atoms with Crippen molar-refractivity contribution >= 4 is 17.3 Å². The number of anilines is 2. The lowest BCUT2D eigenvalue weighted by molar-refractivity contribution is 0.102. The normalized spacial score (nSPS) is 9.85. The van der Waals surface area contributed by atoms with Gasteiger partial charge in [0, 0.05) is 11.3 Å². The summed E-state index contributed by atoms with van der Waals surface area (Å²) in [4.78, 5) is 12.1. The highest BCUT2D eigenvalue weighted by Gasteiger charge is 2.12. The van der Waals surface area contributed by atoms with Crippen LogP contribution < -0.4 is 11.1 Å². The number of hydrogen-bond donors (Lipinski definition) is 2. The average Bonchev–Trinajstić information content (AvgIpc) is 2.42. The van der Waals surface area contributed by atoms with Crippen molar-refractivity contribution in [2.75, 3.05) is 11.1 Å². The number of rotatable bonds is 2. The van der Waals surface area contributed by atoms with Crippen LogP contribution in [-0.2, 0) is 0 Å². The van der Waals surface area contributed by atoms with Crippen molar-refractivity contribution in [1.29, 1.82) is 5.26 Å². The van der Waals surface area contributed by atoms with Crippen LogP contribution in [0, 0.1) is 24.1 Å². The third kappa shape index (κ3) is 2.59. The number of nitrogens with zero attached hydrogens (tertiary/aromatic N) is 1. The van der Waals surface area contributed by atoms with Crippen molar-refractivity contribution in [3.05, 3.63) is 58.9 Å². The van der Waals surface area contributed by atoms with Gasteiger partial charge in [0.2, 0.25) is 0 Å². The Hall–Kier alpha value is -2.87. The van der Waals surface area contributed by atoms with E-state index >= 15 is 0 Å². The zero-order valence-corrected chi connectivity index (χ0v) is 10.8. The summed E-state index contributed by atoms with van der Waals surface area (Å²) in [6.07, 6.45) is 0. The van der Waals surface area contributed by atoms with Gasteiger partial charge in [-0.25, -0.2) is 4.39 Å². The monoisotopic (exact) mass is 269 g/mol. The molecule has 0 fully saturated rings. The molecule has 0 saturated heterocycles. The van der Waals surface area contributed by atoms with Crippen LogP contribution in [0.25, 0.3) is 0 Å². The number of amides is 1. The Morgan fingerprint density at radius 1 is 1.35 bits per heavy atom. The minimum atomic E-state index is -0.668. The summed E-state index contributed by atoms with van der Waals surface area (Å²) in [5.41, 5.74) is 7.40. The first-order chi connectivity index (χ1) is 9.52. The molecule has 3 N–H and O–H groups in total. The first-order valence-electron chi connectivity index (χ1n) is 5.89. The van der Waals surface area contributed by atoms with Crippen LogP contribution >= 0.6 is 0 Å². The summed E-state index contributed by atoms with van der Waals surface area (Å²) in [5.74, 6) is -1.09. The summed E-state index contributed by atoms with van der Waals surface area (Å²) in [5, 5.41) is 11.4. The highest BCUT2D eigenvalue weighted by molar-refractivity contribution is 6.05. The van der Waals surface area contributed by atoms with E-state index < -0.39 is 11.7 Å². The van der Waals surface area contributed by atoms with Gasteiger partial charge in [0.05, 0.1) is 5.69 Å². The van der Waals surface area contributed by atoms with Crippen molar-refractivity contribution in [2.45, 2.75) is 6.92 Å². The molecular formula is C15H12FN3O. The van der Waals surface area contributed by atoms with Gasteiger partial charge in [0.1, 0.15) is 17.4 Å². The number of nitrogens with one attached hydrogen (secondary N) is 1. The summed E-state index contributed by atoms with van der Waals surface area (Å²) in [6, 6.07) is 10.6. The Labute approximate surface area is 115 Å². The Bertz CT molecular complexity index is 720. The van der Waals surface area contributed by atoms with Crippen LogP contribution in [0.5, 0.6) is 0 Å². The molecule has 0 aromatic heterocycles. The Balaban J connectivity index is 2.31. The minimum absolute atomic E-state index is 0.145. The standard InChI is InChI=1S/C15H12FN3O/c1-9-7-10(5-6-13(9)18)15(20)19-14-4-2-3-12(16)11(14)8-17/h2-7H,18H2,1H3,(H,19,20). The lowest BCUT2D eigenvalue weighted by atomic mass is 10.1. The van der Waals surface area contributed by atoms with E-state index in [4.69, 9.17) is 11.0 Å². The zero-order chi connectivity index (χ0) is 14.7. The average molecular weight is 269 g/mol. The highest BCUT2D eigenvalue weighted by atomic mass is 19.1. The van der Waals surface area contributed by atoms with Gasteiger partial charge in [-0.15, -0.1) is 0 Å². The van der Waals surface area contributed by atoms with E-state index in [-0.39, 0.29) is 11.3 Å². The Kier molecular flexibility index (Phi) is 3.67. The highest BCUT2D eigenvalue weighted by Crippen LogP contribution is 2.19. The number of nitriles is 1. The number of aryl methyl sites for hydroxylation is 1. The van der Waals surface area contributed by atoms with E-state index in [0.29, 0.717) is 11.3 Å². The molecule has 100 valence electrons. The topological polar surface area (TPSA) is 78.9 Å². The van der Waals surface area contributed by atoms with E-state index in [9.17, 15) is 9.18 Å². The lowest BCUT2D eigenvalue weighted by Gasteiger charge is -2.08. The van der Waals surface area contributed by atoms with Gasteiger partial charge >= 0.3 is 0 Å². The van der Waals surface area contributed by atoms with Crippen LogP contribution in [0.15, 0.2) is 36.4 Å². The van der Waals surface area contributed by atoms with Crippen LogP contribution in [0.1, 0.15) is 21.5 Å². The zero-order valence-electron chi connectivity index (χ0n) is 10.8. The van der Waals surface area contributed by atoms with Crippen molar-refractivity contribution < 1.29 is 9.18 Å². The molecule has 0 bridgehead atoms. The van der Waals surface area contributed by atoms with Gasteiger partial charge in [-0.2, -0.15) is 5.26 Å². The second kappa shape index (κ2) is 5.41. The van der Waals surface area contributed by atoms with E-state index in [1.54, 1.807) is 31.2 Å². The number of halogens is 1. The molecule has 0 spiro atoms. The van der Waals surface area contributed by atoms with Gasteiger partial charge < -0.3 is 11.1 Å². The molecule has 20 heavy (non-hydrogen) atoms. The molecule has 0 aliphatic carbocycles. The molecule has 0 radical (unpaired) electrons. The van der Waals surface area contributed by atoms with E-state index in [1.165, 1.54) is 18.2 Å². The number of nitrogen functional groups attached to an aromatic ring is 1. The summed E-state index contributed by atoms with van der Waals surface area (Å²) < 4.78 is 13.4. The van der Waals surface area contributed by atoms with Gasteiger partial charge in [0.25, 0.3) is 5.91 Å². The number of nitrogens with two attached hydrogens (primary N) is 1. The molecule has 2 aromatic carbocycles. The fraction of sp³-hybridized carbons (Fsp3) is 0.0667. The molecule has 4 nitrogen and oxygen atoms in total. The van der Waals surface area contributed by atoms with Crippen LogP contribution in [0.4, 0.5) is 15.8 Å². The fourth-order valence-electron chi connectivity index (χ4n) is 1.75. The maximum atomic E-state index is 13.4. The number of benzene rings is 2. The maximum Gasteiger partial charge on any atom is 0.255 e. The summed E-state index contributed by atoms with van der Waals surface area (Å²) >= 11 is 0. The molecule has 0 unspecified atom stereocenters. The summed E-state index contributed by atoms with van der Waals surface area (Å²) in [7, 11) is 0. The Morgan fingerprint density at radius 2 is 2.10 bits per heavy atom. The van der Waals surface area contributed by atoms with Gasteiger partial charge in [-0.05, 0) is 42.8 Å². The van der Waals surface area contributed by atoms with E-state index in [0.717, 1.165) is 5.56 Å². The van der Waals surface area contributed by atoms with Gasteiger partial charge in [0.15, 0.2) is 0 Å². The molecule has 0 atom stereocenters. The molecule has 2 rings (SSSR count). The fourth-order valence-corrected chi connectivity index (χ4v) is 1.75. The number of hydrogen-bond acceptors (Lipinski definition) is 3. The largest absolute Gasteiger partial charge is 0.399 e. The second-order valence-electron chi connectivity index (χ2n) is 4.30. The van der Waals surface area contributed by atoms with Crippen molar-refractivity contribution in [3.8, 4) is 6.07 Å². The number of carbonyl (C=O) groups is 1. The van der Waals surface area contributed by atoms with Gasteiger partial charge in [-0.3, -0.25) is 4.79 Å². The SMILES string of the molecule is Cc1cc(C(=O)Nc2cccc(F)c2C#N)ccc1N. The van der Waals surface area contributed by atoms with E-state index in [2.05, 4.69) is 5.32 Å². The predicted octanol–water partition coefficient (Wildman–Crippen LogP) is 2.84. The third-order valence-corrected chi connectivity index (χ3v) is 2.91. The minimum Gasteiger partial charge on any atom is -0.399 e. The molecule has 0 aliphatic rings. The van der Waals surface area contributed by atoms with Gasteiger partial charge in [-0.1, -0.05) is 6.07 Å². The van der Waals surface area contributed by atoms with E-state index in [1.807, 2.05) is 0 Å². The molecule has 1 amide bonds. The molecule has 2 aromatic rings. The molecular weight excluding hydrogens is 257 g/mol. The Morgan fingerprint density at radius 3 is 2.75 bits per heavy atom. The van der Waals surface area contributed by atoms with Crippen molar-refractivity contribution in [3.63, 3.8) is 0 Å². The molecule has 0 heterocycles. The van der Waals surface area contributed by atoms with Crippen LogP contribution in [-0.4, -0.2) is 5.91 Å². The predicted molar refractivity (Wildman–Crippen MR) is 74.7 cm³/mol. The summed E-state index contributed by atoms with van der Waals surface area (Å²) in [6.45, 7) is 1.79. The smallest absolute Gasteiger partial charge is 0.255 e. The quantitative estimate of drug-likeness (QED) is 0.823. The van der Waals surface area contributed by atoms with Crippen molar-refractivity contribution in [2.24, 2.45) is 0 Å². The third-order valence-electron chi connectivity index (χ3n) is 2.91. The lowest BCUT2D eigenvalue weighted by Crippen LogP contribution is -2.13. The first kappa shape index (κ1) is 13.6. The first-order valence-corrected chi connectivity index (χ1v) is 5.89. The second-order valence-corrected chi connectivity index (χ2v) is 4.30. The molecule has 0 aliphatic heterocycles. The number of carbonyl (C=O) groups excluding carboxylic acids is 1. The van der Waals surface area contributed by atoms with Crippen LogP contribution in [0.2, 0.25) is 0 Å². The maximum absolute atomic E-state index is 13.4. The van der Waals surface area contributed by atoms with Crippen molar-refractivity contribution in [1.82, 2.24) is 0 Å². The van der Waals surface area contributed by atoms with Crippen LogP contribution in [0.3, 0.4) is 0 Å². The molecule has 5 heteroatoms.